The molecule has 0 spiro atoms. The number of anilines is 2. The molecular weight excluding hydrogens is 1300 g/mol. The number of alkyl halides is 6. The van der Waals surface area contributed by atoms with Crippen LogP contribution in [0, 0.1) is 13.8 Å². The molecule has 98 heavy (non-hydrogen) atoms. The summed E-state index contributed by atoms with van der Waals surface area (Å²) in [6.07, 6.45) is -13.4. The summed E-state index contributed by atoms with van der Waals surface area (Å²) in [5.74, 6) is -3.29. The van der Waals surface area contributed by atoms with Crippen LogP contribution in [0.1, 0.15) is 168 Å². The van der Waals surface area contributed by atoms with Crippen LogP contribution >= 0.6 is 0 Å². The molecule has 2 aromatic carbocycles. The van der Waals surface area contributed by atoms with Crippen molar-refractivity contribution in [3.05, 3.63) is 119 Å². The number of halogens is 6. The van der Waals surface area contributed by atoms with E-state index in [1.165, 1.54) is 12.1 Å². The van der Waals surface area contributed by atoms with Gasteiger partial charge in [-0.1, -0.05) is 79.2 Å². The minimum absolute atomic E-state index is 0.0120. The van der Waals surface area contributed by atoms with Crippen molar-refractivity contribution >= 4 is 35.7 Å². The van der Waals surface area contributed by atoms with Crippen LogP contribution in [-0.4, -0.2) is 125 Å². The second-order valence-corrected chi connectivity index (χ2v) is 27.3. The van der Waals surface area contributed by atoms with Crippen molar-refractivity contribution in [1.82, 2.24) is 30.4 Å². The van der Waals surface area contributed by atoms with Gasteiger partial charge in [-0.3, -0.25) is 0 Å². The predicted octanol–water partition coefficient (Wildman–Crippen LogP) is 15.4. The molecule has 6 heterocycles. The molecular formula is C68H84F6N8O16. The van der Waals surface area contributed by atoms with E-state index in [2.05, 4.69) is 30.4 Å². The first-order valence-electron chi connectivity index (χ1n) is 31.6. The van der Waals surface area contributed by atoms with E-state index < -0.39 is 138 Å². The molecule has 24 nitrogen and oxygen atoms in total. The molecule has 2 aliphatic rings. The zero-order valence-corrected chi connectivity index (χ0v) is 57.2. The molecule has 4 amide bonds. The number of aliphatic hydroxyl groups is 2. The van der Waals surface area contributed by atoms with Crippen molar-refractivity contribution in [1.29, 1.82) is 0 Å². The van der Waals surface area contributed by atoms with Gasteiger partial charge in [0.15, 0.2) is 11.4 Å². The van der Waals surface area contributed by atoms with Gasteiger partial charge in [-0.2, -0.15) is 36.1 Å². The standard InChI is InChI=1S/C41H47F3N4O8.C27H37F3N4O8/c1-27-23-31(48(36(49)55-38(2,3)4)37(50)56-39(5,6)7)32-34-46-47-35(54-34)40(41(42,43)44,52-25-29-19-13-9-14-20-29)22-16-10-15-21-30(53-33(27)45-32)26-51-24-28-17-11-8-12-18-28;1-15-13-17(34(22(36)41-24(2,3)4)23(37)42-25(5,6)7)18-20-32-33-21(40-20)26(38,27(28,29)30)12-10-8-9-11-16(14-35)39-19(15)31-18/h8-15,17-20,23,30H,16,21-22,24-26H2,1-7H3;13,16,35,38H,8-12,14H2,1-7H3/t30-,40+;16-,26+/m00/s1. The number of rotatable bonds is 10. The van der Waals surface area contributed by atoms with Crippen molar-refractivity contribution in [2.75, 3.05) is 23.0 Å². The Labute approximate surface area is 563 Å². The fraction of sp³-hybridized carbons (Fsp3) is 0.529. The Morgan fingerprint density at radius 3 is 1.44 bits per heavy atom. The van der Waals surface area contributed by atoms with Gasteiger partial charge >= 0.3 is 36.7 Å². The van der Waals surface area contributed by atoms with Crippen LogP contribution in [0.5, 0.6) is 11.8 Å². The van der Waals surface area contributed by atoms with Gasteiger partial charge < -0.3 is 56.9 Å². The zero-order chi connectivity index (χ0) is 72.4. The van der Waals surface area contributed by atoms with Crippen LogP contribution in [0.15, 0.2) is 93.8 Å². The molecule has 30 heteroatoms. The van der Waals surface area contributed by atoms with E-state index in [9.17, 15) is 42.6 Å². The molecule has 0 radical (unpaired) electrons. The first-order valence-corrected chi connectivity index (χ1v) is 31.6. The number of aromatic nitrogens is 6. The Balaban J connectivity index is 0.000000288. The highest BCUT2D eigenvalue weighted by Gasteiger charge is 2.61. The normalized spacial score (nSPS) is 18.8. The number of aliphatic hydroxyl groups excluding tert-OH is 1. The molecule has 0 fully saturated rings. The first-order chi connectivity index (χ1) is 45.6. The van der Waals surface area contributed by atoms with E-state index >= 15 is 13.2 Å². The molecule has 2 aliphatic heterocycles. The van der Waals surface area contributed by atoms with Crippen molar-refractivity contribution in [3.63, 3.8) is 0 Å². The van der Waals surface area contributed by atoms with E-state index in [0.29, 0.717) is 32.9 Å². The number of allylic oxidation sites excluding steroid dienone is 1. The number of ether oxygens (including phenoxy) is 8. The second-order valence-electron chi connectivity index (χ2n) is 27.3. The van der Waals surface area contributed by atoms with E-state index in [1.807, 2.05) is 30.3 Å². The summed E-state index contributed by atoms with van der Waals surface area (Å²) in [5, 5.41) is 35.7. The van der Waals surface area contributed by atoms with Gasteiger partial charge in [0.1, 0.15) is 34.6 Å². The third kappa shape index (κ3) is 20.2. The smallest absolute Gasteiger partial charge is 0.426 e. The van der Waals surface area contributed by atoms with Gasteiger partial charge in [0.25, 0.3) is 23.6 Å². The second kappa shape index (κ2) is 31.0. The number of carbonyl (C=O) groups is 4. The quantitative estimate of drug-likeness (QED) is 0.0731. The Bertz CT molecular complexity index is 3670. The molecule has 0 saturated carbocycles. The fourth-order valence-electron chi connectivity index (χ4n) is 9.65. The van der Waals surface area contributed by atoms with Gasteiger partial charge in [-0.15, -0.1) is 20.4 Å². The molecule has 534 valence electrons. The minimum atomic E-state index is -5.17. The molecule has 2 N–H and O–H groups in total. The van der Waals surface area contributed by atoms with E-state index in [4.69, 9.17) is 46.7 Å². The summed E-state index contributed by atoms with van der Waals surface area (Å²) in [6, 6.07) is 20.6. The number of fused-ring (bicyclic) bond motifs is 10. The SMILES string of the molecule is Cc1cc(N(C(=O)OC(C)(C)C)C(=O)OC(C)(C)C)c2nc1O[C@H](CO)CCCCC[C@](O)(C(F)(F)F)c1nnc-2o1.Cc1cc(N(C(=O)OC(C)(C)C)C(=O)OC(C)(C)C)c2nc1O[C@H](COCc1ccccc1)CC=CCC[C@](OCc1ccccc1)(C(F)(F)F)c1nnc-2o1. The number of carbonyl (C=O) groups excluding carboxylic acids is 4. The lowest BCUT2D eigenvalue weighted by Gasteiger charge is -2.32. The Morgan fingerprint density at radius 1 is 0.561 bits per heavy atom. The Morgan fingerprint density at radius 2 is 1.00 bits per heavy atom. The number of benzene rings is 2. The monoisotopic (exact) mass is 1380 g/mol. The number of aryl methyl sites for hydroxylation is 2. The third-order valence-electron chi connectivity index (χ3n) is 14.3. The molecule has 0 aliphatic carbocycles. The highest BCUT2D eigenvalue weighted by Crippen LogP contribution is 2.48. The van der Waals surface area contributed by atoms with Crippen LogP contribution in [-0.2, 0) is 52.8 Å². The molecule has 6 aromatic rings. The lowest BCUT2D eigenvalue weighted by atomic mass is 9.94. The summed E-state index contributed by atoms with van der Waals surface area (Å²) in [4.78, 5) is 64.5. The number of imide groups is 2. The predicted molar refractivity (Wildman–Crippen MR) is 341 cm³/mol. The van der Waals surface area contributed by atoms with Gasteiger partial charge in [-0.05, 0) is 159 Å². The number of hydrogen-bond acceptors (Lipinski definition) is 22. The highest BCUT2D eigenvalue weighted by atomic mass is 19.4. The van der Waals surface area contributed by atoms with Gasteiger partial charge in [0.2, 0.25) is 23.0 Å². The lowest BCUT2D eigenvalue weighted by molar-refractivity contribution is -0.299. The summed E-state index contributed by atoms with van der Waals surface area (Å²) in [6.45, 7) is 21.7. The van der Waals surface area contributed by atoms with Crippen LogP contribution in [0.3, 0.4) is 0 Å². The van der Waals surface area contributed by atoms with Gasteiger partial charge in [0.05, 0.1) is 37.8 Å². The van der Waals surface area contributed by atoms with Crippen LogP contribution < -0.4 is 19.3 Å². The average Bonchev–Trinajstić information content (AvgIpc) is 1.51. The Kier molecular flexibility index (Phi) is 24.2. The molecule has 4 atom stereocenters. The van der Waals surface area contributed by atoms with Crippen LogP contribution in [0.25, 0.3) is 23.2 Å². The number of hydrogen-bond donors (Lipinski definition) is 2. The van der Waals surface area contributed by atoms with E-state index in [1.54, 1.807) is 139 Å². The summed E-state index contributed by atoms with van der Waals surface area (Å²) >= 11 is 0. The number of pyridine rings is 2. The van der Waals surface area contributed by atoms with Crippen LogP contribution in [0.4, 0.5) is 56.9 Å². The van der Waals surface area contributed by atoms with Crippen molar-refractivity contribution in [2.45, 2.75) is 220 Å². The van der Waals surface area contributed by atoms with E-state index in [-0.39, 0.29) is 74.1 Å². The molecule has 0 saturated heterocycles. The van der Waals surface area contributed by atoms with Crippen molar-refractivity contribution in [3.8, 4) is 34.9 Å². The first kappa shape index (κ1) is 76.6. The third-order valence-corrected chi connectivity index (χ3v) is 14.3. The maximum atomic E-state index is 15.4. The lowest BCUT2D eigenvalue weighted by Crippen LogP contribution is -2.45. The van der Waals surface area contributed by atoms with Crippen molar-refractivity contribution < 1.29 is 102 Å². The molecule has 8 rings (SSSR count). The molecule has 4 aromatic heterocycles. The maximum absolute atomic E-state index is 15.4. The molecule has 8 bridgehead atoms. The topological polar surface area (TPSA) is 293 Å². The van der Waals surface area contributed by atoms with Crippen molar-refractivity contribution in [2.24, 2.45) is 0 Å². The number of amides is 4. The highest BCUT2D eigenvalue weighted by molar-refractivity contribution is 6.12. The summed E-state index contributed by atoms with van der Waals surface area (Å²) in [5.41, 5.74) is -10.1. The summed E-state index contributed by atoms with van der Waals surface area (Å²) < 4.78 is 146. The largest absolute Gasteiger partial charge is 0.472 e. The molecule has 0 unspecified atom stereocenters. The fourth-order valence-corrected chi connectivity index (χ4v) is 9.65. The van der Waals surface area contributed by atoms with Gasteiger partial charge in [0, 0.05) is 17.5 Å². The average molecular weight is 1380 g/mol. The van der Waals surface area contributed by atoms with Gasteiger partial charge in [-0.25, -0.2) is 29.1 Å². The maximum Gasteiger partial charge on any atom is 0.426 e. The van der Waals surface area contributed by atoms with Crippen LogP contribution in [0.2, 0.25) is 0 Å². The summed E-state index contributed by atoms with van der Waals surface area (Å²) in [7, 11) is 0. The van der Waals surface area contributed by atoms with E-state index in [0.717, 1.165) is 5.56 Å². The Hall–Kier alpha value is -8.74. The number of nitrogens with zero attached hydrogens (tertiary/aromatic N) is 8. The zero-order valence-electron chi connectivity index (χ0n) is 57.2. The minimum Gasteiger partial charge on any atom is -0.472 e.